The highest BCUT2D eigenvalue weighted by Crippen LogP contribution is 2.33. The molecular formula is C23H22FN5O2. The fourth-order valence-electron chi connectivity index (χ4n) is 4.40. The highest BCUT2D eigenvalue weighted by atomic mass is 19.1. The first kappa shape index (κ1) is 19.4. The molecule has 2 unspecified atom stereocenters. The zero-order valence-corrected chi connectivity index (χ0v) is 17.2. The van der Waals surface area contributed by atoms with Crippen LogP contribution in [0, 0.1) is 12.7 Å². The molecular weight excluding hydrogens is 397 g/mol. The number of nitrogen functional groups attached to an aromatic ring is 1. The Hall–Kier alpha value is -3.52. The monoisotopic (exact) mass is 419 g/mol. The van der Waals surface area contributed by atoms with E-state index in [1.165, 1.54) is 12.1 Å². The van der Waals surface area contributed by atoms with E-state index >= 15 is 4.39 Å². The van der Waals surface area contributed by atoms with Gasteiger partial charge in [0, 0.05) is 12.6 Å². The lowest BCUT2D eigenvalue weighted by Crippen LogP contribution is -2.47. The molecule has 0 radical (unpaired) electrons. The molecule has 3 heterocycles. The maximum atomic E-state index is 15.1. The summed E-state index contributed by atoms with van der Waals surface area (Å²) in [6.07, 6.45) is 2.95. The Morgan fingerprint density at radius 3 is 2.87 bits per heavy atom. The van der Waals surface area contributed by atoms with Crippen LogP contribution in [0.4, 0.5) is 10.2 Å². The van der Waals surface area contributed by atoms with Crippen LogP contribution in [0.25, 0.3) is 16.6 Å². The van der Waals surface area contributed by atoms with Crippen molar-refractivity contribution < 1.29 is 13.9 Å². The quantitative estimate of drug-likeness (QED) is 0.537. The third kappa shape index (κ3) is 3.11. The Balaban J connectivity index is 1.63. The smallest absolute Gasteiger partial charge is 0.257 e. The number of hydrogen-bond donors (Lipinski definition) is 1. The van der Waals surface area contributed by atoms with E-state index in [9.17, 15) is 4.79 Å². The standard InChI is InChI=1S/C23H22FN5O2/c1-13-5-3-4-6-15(13)21-14(2)31-8-7-28(21)23(30)16-9-19-18(10-17(16)24)27-22(25)20-11-26-12-29(19)20/h3-6,9-12,14,21H,7-8H2,1-2H3,(H2,25,27). The summed E-state index contributed by atoms with van der Waals surface area (Å²) in [6.45, 7) is 4.71. The number of nitrogens with zero attached hydrogens (tertiary/aromatic N) is 4. The maximum Gasteiger partial charge on any atom is 0.257 e. The lowest BCUT2D eigenvalue weighted by atomic mass is 9.94. The minimum absolute atomic E-state index is 0.0123. The zero-order valence-electron chi connectivity index (χ0n) is 17.2. The van der Waals surface area contributed by atoms with Gasteiger partial charge in [-0.25, -0.2) is 14.4 Å². The van der Waals surface area contributed by atoms with Crippen molar-refractivity contribution in [3.63, 3.8) is 0 Å². The van der Waals surface area contributed by atoms with E-state index in [0.717, 1.165) is 11.1 Å². The minimum atomic E-state index is -0.633. The topological polar surface area (TPSA) is 85.8 Å². The number of amides is 1. The minimum Gasteiger partial charge on any atom is -0.382 e. The van der Waals surface area contributed by atoms with Gasteiger partial charge in [0.05, 0.1) is 47.9 Å². The number of ether oxygens (including phenoxy) is 1. The van der Waals surface area contributed by atoms with Crippen molar-refractivity contribution in [1.29, 1.82) is 0 Å². The molecule has 2 N–H and O–H groups in total. The van der Waals surface area contributed by atoms with Gasteiger partial charge < -0.3 is 15.4 Å². The SMILES string of the molecule is Cc1ccccc1C1C(C)OCCN1C(=O)c1cc2c(cc1F)nc(N)c1cncn12. The van der Waals surface area contributed by atoms with Crippen molar-refractivity contribution in [3.8, 4) is 0 Å². The van der Waals surface area contributed by atoms with Gasteiger partial charge in [0.1, 0.15) is 17.2 Å². The summed E-state index contributed by atoms with van der Waals surface area (Å²) >= 11 is 0. The molecule has 8 heteroatoms. The second-order valence-electron chi connectivity index (χ2n) is 7.84. The summed E-state index contributed by atoms with van der Waals surface area (Å²) in [5.41, 5.74) is 9.54. The molecule has 2 aromatic carbocycles. The molecule has 0 saturated carbocycles. The molecule has 2 aromatic heterocycles. The van der Waals surface area contributed by atoms with Crippen LogP contribution in [0.15, 0.2) is 48.9 Å². The number of benzene rings is 2. The van der Waals surface area contributed by atoms with Gasteiger partial charge in [0.15, 0.2) is 0 Å². The first-order valence-corrected chi connectivity index (χ1v) is 10.1. The fourth-order valence-corrected chi connectivity index (χ4v) is 4.40. The number of morpholine rings is 1. The highest BCUT2D eigenvalue weighted by molar-refractivity contribution is 5.98. The van der Waals surface area contributed by atoms with Crippen LogP contribution >= 0.6 is 0 Å². The predicted molar refractivity (Wildman–Crippen MR) is 115 cm³/mol. The Bertz CT molecular complexity index is 1320. The molecule has 7 nitrogen and oxygen atoms in total. The molecule has 0 aliphatic carbocycles. The number of fused-ring (bicyclic) bond motifs is 3. The van der Waals surface area contributed by atoms with Crippen molar-refractivity contribution in [2.75, 3.05) is 18.9 Å². The summed E-state index contributed by atoms with van der Waals surface area (Å²) in [4.78, 5) is 23.7. The Kier molecular flexibility index (Phi) is 4.59. The van der Waals surface area contributed by atoms with Crippen LogP contribution in [-0.4, -0.2) is 44.4 Å². The molecule has 5 rings (SSSR count). The van der Waals surface area contributed by atoms with Crippen molar-refractivity contribution in [1.82, 2.24) is 19.3 Å². The molecule has 158 valence electrons. The third-order valence-corrected chi connectivity index (χ3v) is 5.96. The number of imidazole rings is 1. The molecule has 0 spiro atoms. The number of carbonyl (C=O) groups excluding carboxylic acids is 1. The van der Waals surface area contributed by atoms with Crippen LogP contribution in [0.5, 0.6) is 0 Å². The van der Waals surface area contributed by atoms with Gasteiger partial charge in [-0.1, -0.05) is 24.3 Å². The van der Waals surface area contributed by atoms with Gasteiger partial charge in [0.2, 0.25) is 0 Å². The van der Waals surface area contributed by atoms with E-state index in [2.05, 4.69) is 9.97 Å². The van der Waals surface area contributed by atoms with Crippen LogP contribution in [0.1, 0.15) is 34.5 Å². The number of nitrogens with two attached hydrogens (primary N) is 1. The summed E-state index contributed by atoms with van der Waals surface area (Å²) in [6, 6.07) is 10.4. The summed E-state index contributed by atoms with van der Waals surface area (Å²) < 4.78 is 22.7. The molecule has 1 saturated heterocycles. The molecule has 0 bridgehead atoms. The third-order valence-electron chi connectivity index (χ3n) is 5.96. The molecule has 1 aliphatic rings. The average Bonchev–Trinajstić information content (AvgIpc) is 3.24. The normalized spacial score (nSPS) is 19.3. The lowest BCUT2D eigenvalue weighted by Gasteiger charge is -2.41. The zero-order chi connectivity index (χ0) is 21.7. The van der Waals surface area contributed by atoms with Crippen molar-refractivity contribution in [3.05, 3.63) is 71.4 Å². The number of aryl methyl sites for hydroxylation is 1. The van der Waals surface area contributed by atoms with Gasteiger partial charge >= 0.3 is 0 Å². The predicted octanol–water partition coefficient (Wildman–Crippen LogP) is 3.51. The van der Waals surface area contributed by atoms with E-state index in [-0.39, 0.29) is 29.4 Å². The van der Waals surface area contributed by atoms with Crippen molar-refractivity contribution in [2.45, 2.75) is 26.0 Å². The van der Waals surface area contributed by atoms with Gasteiger partial charge in [-0.05, 0) is 31.0 Å². The molecule has 31 heavy (non-hydrogen) atoms. The van der Waals surface area contributed by atoms with Gasteiger partial charge in [-0.2, -0.15) is 0 Å². The summed E-state index contributed by atoms with van der Waals surface area (Å²) in [5, 5.41) is 0. The Morgan fingerprint density at radius 2 is 2.06 bits per heavy atom. The van der Waals surface area contributed by atoms with E-state index in [0.29, 0.717) is 29.7 Å². The van der Waals surface area contributed by atoms with Crippen LogP contribution in [-0.2, 0) is 4.74 Å². The van der Waals surface area contributed by atoms with Crippen LogP contribution in [0.2, 0.25) is 0 Å². The largest absolute Gasteiger partial charge is 0.382 e. The number of aromatic nitrogens is 3. The van der Waals surface area contributed by atoms with Crippen molar-refractivity contribution >= 4 is 28.3 Å². The van der Waals surface area contributed by atoms with E-state index in [4.69, 9.17) is 10.5 Å². The van der Waals surface area contributed by atoms with Crippen LogP contribution < -0.4 is 5.73 Å². The summed E-state index contributed by atoms with van der Waals surface area (Å²) in [5.74, 6) is -0.760. The van der Waals surface area contributed by atoms with E-state index < -0.39 is 5.82 Å². The first-order valence-electron chi connectivity index (χ1n) is 10.1. The number of carbonyl (C=O) groups is 1. The molecule has 2 atom stereocenters. The first-order chi connectivity index (χ1) is 15.0. The van der Waals surface area contributed by atoms with Gasteiger partial charge in [-0.15, -0.1) is 0 Å². The lowest BCUT2D eigenvalue weighted by molar-refractivity contribution is -0.0515. The molecule has 4 aromatic rings. The maximum absolute atomic E-state index is 15.1. The Morgan fingerprint density at radius 1 is 1.26 bits per heavy atom. The van der Waals surface area contributed by atoms with Crippen molar-refractivity contribution in [2.24, 2.45) is 0 Å². The van der Waals surface area contributed by atoms with E-state index in [1.54, 1.807) is 21.8 Å². The molecule has 1 amide bonds. The fraction of sp³-hybridized carbons (Fsp3) is 0.261. The number of hydrogen-bond acceptors (Lipinski definition) is 5. The second kappa shape index (κ2) is 7.31. The summed E-state index contributed by atoms with van der Waals surface area (Å²) in [7, 11) is 0. The van der Waals surface area contributed by atoms with Gasteiger partial charge in [0.25, 0.3) is 5.91 Å². The molecule has 1 fully saturated rings. The highest BCUT2D eigenvalue weighted by Gasteiger charge is 2.36. The average molecular weight is 419 g/mol. The Labute approximate surface area is 178 Å². The van der Waals surface area contributed by atoms with Gasteiger partial charge in [-0.3, -0.25) is 9.20 Å². The molecule has 1 aliphatic heterocycles. The number of anilines is 1. The van der Waals surface area contributed by atoms with Crippen LogP contribution in [0.3, 0.4) is 0 Å². The van der Waals surface area contributed by atoms with E-state index in [1.807, 2.05) is 38.1 Å². The number of halogens is 1. The number of rotatable bonds is 2. The second-order valence-corrected chi connectivity index (χ2v) is 7.84.